The quantitative estimate of drug-likeness (QED) is 0.693. The Labute approximate surface area is 85.2 Å². The van der Waals surface area contributed by atoms with Crippen molar-refractivity contribution in [1.29, 1.82) is 0 Å². The van der Waals surface area contributed by atoms with Crippen LogP contribution in [0.15, 0.2) is 0 Å². The highest BCUT2D eigenvalue weighted by molar-refractivity contribution is 5.86. The monoisotopic (exact) mass is 200 g/mol. The van der Waals surface area contributed by atoms with Crippen molar-refractivity contribution in [1.82, 2.24) is 5.32 Å². The largest absolute Gasteiger partial charge is 0.379 e. The Morgan fingerprint density at radius 1 is 1.71 bits per heavy atom. The highest BCUT2D eigenvalue weighted by Crippen LogP contribution is 2.18. The standard InChI is InChI=1S/C10H20N2O2/c1-4-10(3,11)8(13)12-9(2)5-6-14-7-9/h4-7,11H2,1-3H3,(H,12,13). The van der Waals surface area contributed by atoms with E-state index in [0.717, 1.165) is 6.42 Å². The first-order valence-corrected chi connectivity index (χ1v) is 5.09. The smallest absolute Gasteiger partial charge is 0.240 e. The summed E-state index contributed by atoms with van der Waals surface area (Å²) in [5.41, 5.74) is 4.84. The van der Waals surface area contributed by atoms with Gasteiger partial charge in [-0.3, -0.25) is 4.79 Å². The van der Waals surface area contributed by atoms with E-state index in [0.29, 0.717) is 19.6 Å². The second-order valence-corrected chi connectivity index (χ2v) is 4.59. The van der Waals surface area contributed by atoms with E-state index in [1.807, 2.05) is 13.8 Å². The SMILES string of the molecule is CCC(C)(N)C(=O)NC1(C)CCOC1. The van der Waals surface area contributed by atoms with Crippen LogP contribution < -0.4 is 11.1 Å². The second kappa shape index (κ2) is 3.87. The molecule has 0 spiro atoms. The van der Waals surface area contributed by atoms with Gasteiger partial charge in [-0.1, -0.05) is 6.92 Å². The predicted octanol–water partition coefficient (Wildman–Crippen LogP) is 0.409. The molecule has 1 heterocycles. The predicted molar refractivity (Wildman–Crippen MR) is 54.9 cm³/mol. The van der Waals surface area contributed by atoms with Crippen molar-refractivity contribution < 1.29 is 9.53 Å². The summed E-state index contributed by atoms with van der Waals surface area (Å²) in [4.78, 5) is 11.8. The van der Waals surface area contributed by atoms with E-state index in [4.69, 9.17) is 10.5 Å². The lowest BCUT2D eigenvalue weighted by atomic mass is 9.95. The maximum absolute atomic E-state index is 11.8. The van der Waals surface area contributed by atoms with Crippen molar-refractivity contribution in [2.45, 2.75) is 44.7 Å². The molecule has 1 aliphatic rings. The number of amides is 1. The molecule has 0 saturated carbocycles. The minimum absolute atomic E-state index is 0.0898. The van der Waals surface area contributed by atoms with Gasteiger partial charge in [-0.2, -0.15) is 0 Å². The third kappa shape index (κ3) is 2.45. The maximum Gasteiger partial charge on any atom is 0.240 e. The van der Waals surface area contributed by atoms with Crippen molar-refractivity contribution in [2.75, 3.05) is 13.2 Å². The third-order valence-electron chi connectivity index (χ3n) is 2.89. The summed E-state index contributed by atoms with van der Waals surface area (Å²) < 4.78 is 5.25. The number of hydrogen-bond acceptors (Lipinski definition) is 3. The first-order chi connectivity index (χ1) is 6.40. The van der Waals surface area contributed by atoms with Gasteiger partial charge < -0.3 is 15.8 Å². The number of rotatable bonds is 3. The van der Waals surface area contributed by atoms with E-state index in [1.54, 1.807) is 6.92 Å². The van der Waals surface area contributed by atoms with Crippen LogP contribution in [0.25, 0.3) is 0 Å². The molecule has 0 aromatic carbocycles. The Morgan fingerprint density at radius 2 is 2.36 bits per heavy atom. The van der Waals surface area contributed by atoms with Gasteiger partial charge >= 0.3 is 0 Å². The number of nitrogens with one attached hydrogen (secondary N) is 1. The Kier molecular flexibility index (Phi) is 3.17. The van der Waals surface area contributed by atoms with Crippen LogP contribution in [-0.2, 0) is 9.53 Å². The van der Waals surface area contributed by atoms with E-state index in [-0.39, 0.29) is 11.4 Å². The van der Waals surface area contributed by atoms with Gasteiger partial charge in [0, 0.05) is 6.61 Å². The highest BCUT2D eigenvalue weighted by atomic mass is 16.5. The van der Waals surface area contributed by atoms with Gasteiger partial charge in [0.1, 0.15) is 0 Å². The molecule has 2 atom stereocenters. The minimum atomic E-state index is -0.772. The molecule has 0 aliphatic carbocycles. The van der Waals surface area contributed by atoms with Crippen LogP contribution in [0.1, 0.15) is 33.6 Å². The Hall–Kier alpha value is -0.610. The van der Waals surface area contributed by atoms with Gasteiger partial charge in [-0.25, -0.2) is 0 Å². The Bertz CT molecular complexity index is 220. The van der Waals surface area contributed by atoms with Crippen LogP contribution >= 0.6 is 0 Å². The number of carbonyl (C=O) groups excluding carboxylic acids is 1. The summed E-state index contributed by atoms with van der Waals surface area (Å²) in [7, 11) is 0. The minimum Gasteiger partial charge on any atom is -0.379 e. The van der Waals surface area contributed by atoms with Gasteiger partial charge in [0.15, 0.2) is 0 Å². The molecule has 1 rings (SSSR count). The van der Waals surface area contributed by atoms with Gasteiger partial charge in [-0.15, -0.1) is 0 Å². The highest BCUT2D eigenvalue weighted by Gasteiger charge is 2.36. The van der Waals surface area contributed by atoms with Crippen molar-refractivity contribution >= 4 is 5.91 Å². The van der Waals surface area contributed by atoms with Crippen molar-refractivity contribution in [3.05, 3.63) is 0 Å². The first-order valence-electron chi connectivity index (χ1n) is 5.09. The fraction of sp³-hybridized carbons (Fsp3) is 0.900. The normalized spacial score (nSPS) is 31.1. The number of nitrogens with two attached hydrogens (primary N) is 1. The molecule has 82 valence electrons. The molecule has 0 aromatic rings. The van der Waals surface area contributed by atoms with E-state index in [9.17, 15) is 4.79 Å². The molecule has 1 amide bonds. The van der Waals surface area contributed by atoms with Crippen LogP contribution in [0.3, 0.4) is 0 Å². The van der Waals surface area contributed by atoms with Crippen molar-refractivity contribution in [3.8, 4) is 0 Å². The van der Waals surface area contributed by atoms with Gasteiger partial charge in [-0.05, 0) is 26.7 Å². The fourth-order valence-electron chi connectivity index (χ4n) is 1.34. The van der Waals surface area contributed by atoms with Gasteiger partial charge in [0.05, 0.1) is 17.7 Å². The molecule has 4 nitrogen and oxygen atoms in total. The zero-order valence-electron chi connectivity index (χ0n) is 9.22. The van der Waals surface area contributed by atoms with E-state index in [1.165, 1.54) is 0 Å². The summed E-state index contributed by atoms with van der Waals surface area (Å²) in [6.45, 7) is 6.95. The first kappa shape index (κ1) is 11.5. The van der Waals surface area contributed by atoms with Gasteiger partial charge in [0.25, 0.3) is 0 Å². The molecule has 4 heteroatoms. The molecule has 1 saturated heterocycles. The lowest BCUT2D eigenvalue weighted by Crippen LogP contribution is -2.58. The molecule has 2 unspecified atom stereocenters. The molecule has 0 bridgehead atoms. The molecular weight excluding hydrogens is 180 g/mol. The molecule has 14 heavy (non-hydrogen) atoms. The number of hydrogen-bond donors (Lipinski definition) is 2. The summed E-state index contributed by atoms with van der Waals surface area (Å²) in [5, 5.41) is 2.96. The maximum atomic E-state index is 11.8. The topological polar surface area (TPSA) is 64.4 Å². The zero-order chi connectivity index (χ0) is 10.8. The van der Waals surface area contributed by atoms with Crippen LogP contribution in [0.5, 0.6) is 0 Å². The second-order valence-electron chi connectivity index (χ2n) is 4.59. The summed E-state index contributed by atoms with van der Waals surface area (Å²) in [5.74, 6) is -0.0898. The lowest BCUT2D eigenvalue weighted by Gasteiger charge is -2.29. The molecule has 1 aliphatic heterocycles. The van der Waals surface area contributed by atoms with E-state index >= 15 is 0 Å². The van der Waals surface area contributed by atoms with Crippen molar-refractivity contribution in [3.63, 3.8) is 0 Å². The molecule has 0 radical (unpaired) electrons. The zero-order valence-corrected chi connectivity index (χ0v) is 9.22. The van der Waals surface area contributed by atoms with Crippen LogP contribution in [0.4, 0.5) is 0 Å². The number of ether oxygens (including phenoxy) is 1. The molecule has 3 N–H and O–H groups in total. The summed E-state index contributed by atoms with van der Waals surface area (Å²) in [6.07, 6.45) is 1.49. The lowest BCUT2D eigenvalue weighted by molar-refractivity contribution is -0.127. The molecular formula is C10H20N2O2. The summed E-state index contributed by atoms with van der Waals surface area (Å²) in [6, 6.07) is 0. The fourth-order valence-corrected chi connectivity index (χ4v) is 1.34. The molecule has 0 aromatic heterocycles. The third-order valence-corrected chi connectivity index (χ3v) is 2.89. The number of carbonyl (C=O) groups is 1. The Balaban J connectivity index is 2.55. The van der Waals surface area contributed by atoms with E-state index in [2.05, 4.69) is 5.32 Å². The van der Waals surface area contributed by atoms with Crippen LogP contribution in [-0.4, -0.2) is 30.2 Å². The van der Waals surface area contributed by atoms with Crippen LogP contribution in [0.2, 0.25) is 0 Å². The summed E-state index contributed by atoms with van der Waals surface area (Å²) >= 11 is 0. The average molecular weight is 200 g/mol. The van der Waals surface area contributed by atoms with E-state index < -0.39 is 5.54 Å². The average Bonchev–Trinajstić information content (AvgIpc) is 2.52. The van der Waals surface area contributed by atoms with Crippen LogP contribution in [0, 0.1) is 0 Å². The van der Waals surface area contributed by atoms with Gasteiger partial charge in [0.2, 0.25) is 5.91 Å². The Morgan fingerprint density at radius 3 is 2.79 bits per heavy atom. The molecule has 1 fully saturated rings. The van der Waals surface area contributed by atoms with Crippen molar-refractivity contribution in [2.24, 2.45) is 5.73 Å².